The molecule has 1 fully saturated rings. The number of ketones is 1. The van der Waals surface area contributed by atoms with E-state index in [1.54, 1.807) is 36.4 Å². The summed E-state index contributed by atoms with van der Waals surface area (Å²) in [7, 11) is 0. The van der Waals surface area contributed by atoms with Gasteiger partial charge in [0.25, 0.3) is 11.1 Å². The highest BCUT2D eigenvalue weighted by Crippen LogP contribution is 2.32. The summed E-state index contributed by atoms with van der Waals surface area (Å²) in [6, 6.07) is 12.4. The van der Waals surface area contributed by atoms with E-state index < -0.39 is 11.1 Å². The van der Waals surface area contributed by atoms with Gasteiger partial charge in [0.15, 0.2) is 5.78 Å². The summed E-state index contributed by atoms with van der Waals surface area (Å²) in [5.74, 6) is -0.659. The number of thiophene rings is 1. The van der Waals surface area contributed by atoms with Gasteiger partial charge in [0, 0.05) is 10.4 Å². The summed E-state index contributed by atoms with van der Waals surface area (Å²) < 4.78 is 0. The topological polar surface area (TPSA) is 54.5 Å². The molecule has 0 saturated carbocycles. The summed E-state index contributed by atoms with van der Waals surface area (Å²) in [4.78, 5) is 38.6. The zero-order chi connectivity index (χ0) is 15.5. The highest BCUT2D eigenvalue weighted by Gasteiger charge is 2.36. The standard InChI is InChI=1S/C16H11NO3S2/c18-13(11-5-2-1-3-6-11)10-17-15(19)14(22-16(17)20)9-12-7-4-8-21-12/h1-9H,10H2/b14-9-. The summed E-state index contributed by atoms with van der Waals surface area (Å²) >= 11 is 2.36. The summed E-state index contributed by atoms with van der Waals surface area (Å²) in [5.41, 5.74) is 0.490. The first kappa shape index (κ1) is 14.7. The molecule has 1 aliphatic heterocycles. The van der Waals surface area contributed by atoms with Crippen LogP contribution in [0.3, 0.4) is 0 Å². The predicted molar refractivity (Wildman–Crippen MR) is 87.8 cm³/mol. The van der Waals surface area contributed by atoms with Crippen LogP contribution in [-0.2, 0) is 4.79 Å². The SMILES string of the molecule is O=C(CN1C(=O)S/C(=C\c2cccs2)C1=O)c1ccccc1. The van der Waals surface area contributed by atoms with E-state index in [2.05, 4.69) is 0 Å². The largest absolute Gasteiger partial charge is 0.293 e. The van der Waals surface area contributed by atoms with Crippen LogP contribution in [-0.4, -0.2) is 28.4 Å². The number of hydrogen-bond acceptors (Lipinski definition) is 5. The van der Waals surface area contributed by atoms with Crippen LogP contribution in [0.25, 0.3) is 6.08 Å². The van der Waals surface area contributed by atoms with Gasteiger partial charge in [0.2, 0.25) is 0 Å². The third kappa shape index (κ3) is 3.03. The zero-order valence-electron chi connectivity index (χ0n) is 11.4. The molecule has 1 saturated heterocycles. The molecule has 22 heavy (non-hydrogen) atoms. The maximum absolute atomic E-state index is 12.3. The molecule has 0 N–H and O–H groups in total. The van der Waals surface area contributed by atoms with Crippen LogP contribution in [0, 0.1) is 0 Å². The summed E-state index contributed by atoms with van der Waals surface area (Å²) in [5, 5.41) is 1.49. The lowest BCUT2D eigenvalue weighted by Gasteiger charge is -2.11. The molecule has 1 aromatic carbocycles. The first-order chi connectivity index (χ1) is 10.6. The van der Waals surface area contributed by atoms with Gasteiger partial charge in [-0.25, -0.2) is 0 Å². The number of carbonyl (C=O) groups excluding carboxylic acids is 3. The van der Waals surface area contributed by atoms with E-state index in [4.69, 9.17) is 0 Å². The Labute approximate surface area is 135 Å². The lowest BCUT2D eigenvalue weighted by atomic mass is 10.1. The van der Waals surface area contributed by atoms with Gasteiger partial charge in [-0.2, -0.15) is 0 Å². The van der Waals surface area contributed by atoms with E-state index in [1.165, 1.54) is 11.3 Å². The van der Waals surface area contributed by atoms with Crippen molar-refractivity contribution in [2.45, 2.75) is 0 Å². The second-order valence-corrected chi connectivity index (χ2v) is 6.54. The molecular formula is C16H11NO3S2. The lowest BCUT2D eigenvalue weighted by Crippen LogP contribution is -2.33. The number of hydrogen-bond donors (Lipinski definition) is 0. The van der Waals surface area contributed by atoms with Crippen LogP contribution >= 0.6 is 23.1 Å². The summed E-state index contributed by atoms with van der Waals surface area (Å²) in [6.07, 6.45) is 1.68. The van der Waals surface area contributed by atoms with Gasteiger partial charge in [0.1, 0.15) is 0 Å². The van der Waals surface area contributed by atoms with E-state index in [-0.39, 0.29) is 12.3 Å². The van der Waals surface area contributed by atoms with Crippen LogP contribution in [0.1, 0.15) is 15.2 Å². The number of benzene rings is 1. The average Bonchev–Trinajstić information content (AvgIpc) is 3.12. The van der Waals surface area contributed by atoms with Crippen molar-refractivity contribution in [2.75, 3.05) is 6.54 Å². The molecule has 1 aliphatic rings. The molecule has 2 heterocycles. The molecule has 1 aromatic heterocycles. The molecule has 0 aliphatic carbocycles. The first-order valence-corrected chi connectivity index (χ1v) is 8.22. The van der Waals surface area contributed by atoms with Crippen molar-refractivity contribution in [2.24, 2.45) is 0 Å². The number of amides is 2. The van der Waals surface area contributed by atoms with Crippen molar-refractivity contribution in [3.8, 4) is 0 Å². The van der Waals surface area contributed by atoms with Gasteiger partial charge in [-0.3, -0.25) is 19.3 Å². The van der Waals surface area contributed by atoms with Crippen molar-refractivity contribution in [1.82, 2.24) is 4.90 Å². The monoisotopic (exact) mass is 329 g/mol. The Morgan fingerprint density at radius 1 is 1.09 bits per heavy atom. The van der Waals surface area contributed by atoms with Crippen LogP contribution in [0.15, 0.2) is 52.7 Å². The fourth-order valence-electron chi connectivity index (χ4n) is 2.00. The molecule has 0 radical (unpaired) electrons. The van der Waals surface area contributed by atoms with Crippen molar-refractivity contribution < 1.29 is 14.4 Å². The summed E-state index contributed by atoms with van der Waals surface area (Å²) in [6.45, 7) is -0.226. The van der Waals surface area contributed by atoms with Gasteiger partial charge in [0.05, 0.1) is 11.4 Å². The Morgan fingerprint density at radius 3 is 2.55 bits per heavy atom. The second-order valence-electron chi connectivity index (χ2n) is 4.57. The minimum atomic E-state index is -0.410. The number of rotatable bonds is 4. The van der Waals surface area contributed by atoms with Crippen molar-refractivity contribution in [3.63, 3.8) is 0 Å². The van der Waals surface area contributed by atoms with Gasteiger partial charge in [-0.05, 0) is 29.3 Å². The Hall–Kier alpha value is -2.18. The quantitative estimate of drug-likeness (QED) is 0.634. The van der Waals surface area contributed by atoms with Gasteiger partial charge >= 0.3 is 0 Å². The fourth-order valence-corrected chi connectivity index (χ4v) is 3.56. The number of nitrogens with zero attached hydrogens (tertiary/aromatic N) is 1. The van der Waals surface area contributed by atoms with Crippen molar-refractivity contribution >= 4 is 46.1 Å². The Bertz CT molecular complexity index is 751. The van der Waals surface area contributed by atoms with E-state index >= 15 is 0 Å². The molecule has 2 amide bonds. The Morgan fingerprint density at radius 2 is 1.86 bits per heavy atom. The maximum Gasteiger partial charge on any atom is 0.293 e. The van der Waals surface area contributed by atoms with E-state index in [0.717, 1.165) is 21.5 Å². The van der Waals surface area contributed by atoms with Gasteiger partial charge < -0.3 is 0 Å². The molecule has 2 aromatic rings. The Balaban J connectivity index is 1.76. The zero-order valence-corrected chi connectivity index (χ0v) is 13.0. The van der Waals surface area contributed by atoms with Crippen LogP contribution in [0.4, 0.5) is 4.79 Å². The van der Waals surface area contributed by atoms with E-state index in [0.29, 0.717) is 10.5 Å². The third-order valence-electron chi connectivity index (χ3n) is 3.09. The normalized spacial score (nSPS) is 16.5. The van der Waals surface area contributed by atoms with Crippen molar-refractivity contribution in [1.29, 1.82) is 0 Å². The van der Waals surface area contributed by atoms with Crippen LogP contribution in [0.2, 0.25) is 0 Å². The maximum atomic E-state index is 12.3. The molecular weight excluding hydrogens is 318 g/mol. The predicted octanol–water partition coefficient (Wildman–Crippen LogP) is 3.67. The average molecular weight is 329 g/mol. The number of Topliss-reactive ketones (excluding diaryl/α,β-unsaturated/α-hetero) is 1. The van der Waals surface area contributed by atoms with E-state index in [1.807, 2.05) is 17.5 Å². The highest BCUT2D eigenvalue weighted by molar-refractivity contribution is 8.18. The smallest absolute Gasteiger partial charge is 0.292 e. The minimum Gasteiger partial charge on any atom is -0.292 e. The lowest BCUT2D eigenvalue weighted by molar-refractivity contribution is -0.122. The second kappa shape index (κ2) is 6.29. The van der Waals surface area contributed by atoms with Crippen molar-refractivity contribution in [3.05, 3.63) is 63.2 Å². The fraction of sp³-hybridized carbons (Fsp3) is 0.0625. The Kier molecular flexibility index (Phi) is 4.22. The molecule has 0 unspecified atom stereocenters. The molecule has 0 bridgehead atoms. The molecule has 0 spiro atoms. The number of imide groups is 1. The molecule has 110 valence electrons. The van der Waals surface area contributed by atoms with Gasteiger partial charge in [-0.1, -0.05) is 36.4 Å². The molecule has 0 atom stereocenters. The van der Waals surface area contributed by atoms with Gasteiger partial charge in [-0.15, -0.1) is 11.3 Å². The highest BCUT2D eigenvalue weighted by atomic mass is 32.2. The van der Waals surface area contributed by atoms with Crippen LogP contribution in [0.5, 0.6) is 0 Å². The third-order valence-corrected chi connectivity index (χ3v) is 4.81. The number of carbonyl (C=O) groups is 3. The molecule has 3 rings (SSSR count). The minimum absolute atomic E-state index is 0.226. The molecule has 4 nitrogen and oxygen atoms in total. The van der Waals surface area contributed by atoms with E-state index in [9.17, 15) is 14.4 Å². The number of thioether (sulfide) groups is 1. The molecule has 6 heteroatoms. The first-order valence-electron chi connectivity index (χ1n) is 6.52. The van der Waals surface area contributed by atoms with Crippen LogP contribution < -0.4 is 0 Å².